The van der Waals surface area contributed by atoms with Crippen LogP contribution in [0.4, 0.5) is 17.6 Å². The lowest BCUT2D eigenvalue weighted by molar-refractivity contribution is -0.166. The largest absolute Gasteiger partial charge is 0.495 e. The van der Waals surface area contributed by atoms with E-state index in [0.29, 0.717) is 17.4 Å². The lowest BCUT2D eigenvalue weighted by atomic mass is 9.92. The van der Waals surface area contributed by atoms with Gasteiger partial charge in [-0.05, 0) is 42.8 Å². The van der Waals surface area contributed by atoms with Crippen LogP contribution in [0.5, 0.6) is 5.75 Å². The number of benzene rings is 2. The molecule has 3 aromatic rings. The molecule has 0 aliphatic carbocycles. The molecule has 0 radical (unpaired) electrons. The van der Waals surface area contributed by atoms with Gasteiger partial charge in [0.1, 0.15) is 24.0 Å². The molecule has 1 saturated heterocycles. The molecule has 0 spiro atoms. The van der Waals surface area contributed by atoms with Crippen molar-refractivity contribution in [1.82, 2.24) is 14.5 Å². The first-order valence-corrected chi connectivity index (χ1v) is 11.4. The third-order valence-electron chi connectivity index (χ3n) is 6.29. The van der Waals surface area contributed by atoms with Crippen molar-refractivity contribution in [3.8, 4) is 11.4 Å². The Bertz CT molecular complexity index is 1380. The van der Waals surface area contributed by atoms with Crippen LogP contribution in [-0.4, -0.2) is 53.6 Å². The van der Waals surface area contributed by atoms with Crippen molar-refractivity contribution in [3.63, 3.8) is 0 Å². The maximum Gasteiger partial charge on any atom is 0.269 e. The van der Waals surface area contributed by atoms with E-state index in [0.717, 1.165) is 23.5 Å². The van der Waals surface area contributed by atoms with Gasteiger partial charge in [0, 0.05) is 36.9 Å². The van der Waals surface area contributed by atoms with Crippen LogP contribution in [-0.2, 0) is 15.3 Å². The predicted octanol–water partition coefficient (Wildman–Crippen LogP) is 5.04. The lowest BCUT2D eigenvalue weighted by Gasteiger charge is -2.42. The van der Waals surface area contributed by atoms with Crippen LogP contribution in [0.25, 0.3) is 11.8 Å². The number of rotatable bonds is 6. The normalized spacial score (nSPS) is 21.5. The molecule has 2 aliphatic heterocycles. The van der Waals surface area contributed by atoms with Gasteiger partial charge in [-0.2, -0.15) is 0 Å². The summed E-state index contributed by atoms with van der Waals surface area (Å²) in [4.78, 5) is 11.1. The van der Waals surface area contributed by atoms with Crippen LogP contribution in [0, 0.1) is 18.6 Å². The molecule has 0 saturated carbocycles. The van der Waals surface area contributed by atoms with Crippen molar-refractivity contribution in [3.05, 3.63) is 83.0 Å². The molecule has 5 rings (SSSR count). The maximum atomic E-state index is 15.1. The zero-order chi connectivity index (χ0) is 26.4. The summed E-state index contributed by atoms with van der Waals surface area (Å²) in [7, 11) is 2.86. The van der Waals surface area contributed by atoms with Crippen LogP contribution in [0.15, 0.2) is 59.7 Å². The fourth-order valence-electron chi connectivity index (χ4n) is 4.71. The van der Waals surface area contributed by atoms with Gasteiger partial charge in [0.05, 0.1) is 31.4 Å². The first kappa shape index (κ1) is 24.8. The van der Waals surface area contributed by atoms with Crippen LogP contribution in [0.3, 0.4) is 0 Å². The highest BCUT2D eigenvalue weighted by Gasteiger charge is 2.56. The Labute approximate surface area is 210 Å². The van der Waals surface area contributed by atoms with E-state index in [2.05, 4.69) is 10.1 Å². The monoisotopic (exact) mass is 516 g/mol. The molecule has 2 aromatic carbocycles. The molecule has 1 atom stereocenters. The van der Waals surface area contributed by atoms with Gasteiger partial charge in [0.25, 0.3) is 11.6 Å². The van der Waals surface area contributed by atoms with Crippen LogP contribution in [0.2, 0.25) is 0 Å². The second kappa shape index (κ2) is 9.22. The first-order valence-electron chi connectivity index (χ1n) is 11.4. The summed E-state index contributed by atoms with van der Waals surface area (Å²) >= 11 is 0. The number of hydrogen-bond donors (Lipinski definition) is 0. The molecule has 1 fully saturated rings. The second-order valence-electron chi connectivity index (χ2n) is 9.02. The van der Waals surface area contributed by atoms with E-state index in [1.165, 1.54) is 19.1 Å². The van der Waals surface area contributed by atoms with Gasteiger partial charge >= 0.3 is 0 Å². The van der Waals surface area contributed by atoms with Gasteiger partial charge in [-0.25, -0.2) is 22.5 Å². The quantitative estimate of drug-likeness (QED) is 0.430. The maximum absolute atomic E-state index is 15.1. The number of piperidine rings is 1. The van der Waals surface area contributed by atoms with Crippen molar-refractivity contribution >= 4 is 11.9 Å². The Hall–Kier alpha value is -3.86. The van der Waals surface area contributed by atoms with Crippen LogP contribution in [0.1, 0.15) is 23.2 Å². The molecule has 7 nitrogen and oxygen atoms in total. The Morgan fingerprint density at radius 3 is 2.51 bits per heavy atom. The number of amidine groups is 1. The van der Waals surface area contributed by atoms with E-state index < -0.39 is 36.2 Å². The topological polar surface area (TPSA) is 61.1 Å². The fraction of sp³-hybridized carbons (Fsp3) is 0.308. The van der Waals surface area contributed by atoms with E-state index in [1.807, 2.05) is 13.1 Å². The molecular formula is C26H24F4N4O3. The average Bonchev–Trinajstić information content (AvgIpc) is 3.42. The SMILES string of the molecule is COC[C@]1(c2cc(F)cc(F)c2)ON=C2/C(=C/c3ccc(-n4cnc(C)c4)c(OC)c3)CC(F)(F)CN21. The summed E-state index contributed by atoms with van der Waals surface area (Å²) in [6, 6.07) is 8.02. The Kier molecular flexibility index (Phi) is 6.18. The van der Waals surface area contributed by atoms with E-state index in [9.17, 15) is 8.78 Å². The van der Waals surface area contributed by atoms with Gasteiger partial charge in [0.15, 0.2) is 5.84 Å². The van der Waals surface area contributed by atoms with Crippen LogP contribution >= 0.6 is 0 Å². The number of oxime groups is 1. The molecule has 0 unspecified atom stereocenters. The van der Waals surface area contributed by atoms with E-state index in [1.54, 1.807) is 35.2 Å². The lowest BCUT2D eigenvalue weighted by Crippen LogP contribution is -2.56. The molecule has 37 heavy (non-hydrogen) atoms. The summed E-state index contributed by atoms with van der Waals surface area (Å²) in [5.74, 6) is -4.27. The number of aromatic nitrogens is 2. The number of nitrogens with zero attached hydrogens (tertiary/aromatic N) is 4. The smallest absolute Gasteiger partial charge is 0.269 e. The van der Waals surface area contributed by atoms with Crippen molar-refractivity contribution < 1.29 is 31.9 Å². The number of halogens is 4. The van der Waals surface area contributed by atoms with Gasteiger partial charge < -0.3 is 23.8 Å². The molecule has 11 heteroatoms. The number of fused-ring (bicyclic) bond motifs is 1. The minimum absolute atomic E-state index is 0.0238. The van der Waals surface area contributed by atoms with Gasteiger partial charge in [-0.3, -0.25) is 0 Å². The van der Waals surface area contributed by atoms with Gasteiger partial charge in [-0.1, -0.05) is 11.2 Å². The summed E-state index contributed by atoms with van der Waals surface area (Å²) in [5.41, 5.74) is 0.554. The predicted molar refractivity (Wildman–Crippen MR) is 128 cm³/mol. The highest BCUT2D eigenvalue weighted by atomic mass is 19.3. The van der Waals surface area contributed by atoms with Crippen molar-refractivity contribution in [1.29, 1.82) is 0 Å². The van der Waals surface area contributed by atoms with Gasteiger partial charge in [-0.15, -0.1) is 0 Å². The van der Waals surface area contributed by atoms with Crippen molar-refractivity contribution in [2.75, 3.05) is 27.4 Å². The second-order valence-corrected chi connectivity index (χ2v) is 9.02. The Morgan fingerprint density at radius 1 is 1.11 bits per heavy atom. The Morgan fingerprint density at radius 2 is 1.86 bits per heavy atom. The zero-order valence-electron chi connectivity index (χ0n) is 20.3. The first-order chi connectivity index (χ1) is 17.6. The van der Waals surface area contributed by atoms with E-state index in [4.69, 9.17) is 14.3 Å². The molecule has 1 aromatic heterocycles. The molecule has 2 aliphatic rings. The highest BCUT2D eigenvalue weighted by molar-refractivity contribution is 6.04. The van der Waals surface area contributed by atoms with Crippen molar-refractivity contribution in [2.24, 2.45) is 5.16 Å². The number of ether oxygens (including phenoxy) is 2. The fourth-order valence-corrected chi connectivity index (χ4v) is 4.71. The molecule has 0 N–H and O–H groups in total. The minimum atomic E-state index is -3.18. The third kappa shape index (κ3) is 4.55. The summed E-state index contributed by atoms with van der Waals surface area (Å²) in [5, 5.41) is 4.09. The summed E-state index contributed by atoms with van der Waals surface area (Å²) < 4.78 is 70.9. The molecule has 3 heterocycles. The molecular weight excluding hydrogens is 492 g/mol. The number of hydrogen-bond acceptors (Lipinski definition) is 6. The van der Waals surface area contributed by atoms with Crippen LogP contribution < -0.4 is 4.74 Å². The number of aryl methyl sites for hydroxylation is 1. The minimum Gasteiger partial charge on any atom is -0.495 e. The standard InChI is InChI=1S/C26H24F4N4O3/c1-16-12-33(15-31-16)22-5-4-17(7-23(22)36-3)6-18-11-25(29,30)13-34-24(18)32-37-26(34,14-35-2)19-8-20(27)10-21(28)9-19/h4-10,12,15H,11,13-14H2,1-3H3/b18-6+/t26-/m1/s1. The van der Waals surface area contributed by atoms with Crippen molar-refractivity contribution in [2.45, 2.75) is 25.0 Å². The summed E-state index contributed by atoms with van der Waals surface area (Å²) in [6.45, 7) is 0.801. The van der Waals surface area contributed by atoms with Gasteiger partial charge in [0.2, 0.25) is 0 Å². The van der Waals surface area contributed by atoms with E-state index in [-0.39, 0.29) is 23.6 Å². The third-order valence-corrected chi connectivity index (χ3v) is 6.29. The average molecular weight is 516 g/mol. The highest BCUT2D eigenvalue weighted by Crippen LogP contribution is 2.45. The van der Waals surface area contributed by atoms with E-state index >= 15 is 8.78 Å². The Balaban J connectivity index is 1.56. The number of alkyl halides is 2. The number of imidazole rings is 1. The summed E-state index contributed by atoms with van der Waals surface area (Å²) in [6.07, 6.45) is 4.46. The number of methoxy groups -OCH3 is 2. The zero-order valence-corrected chi connectivity index (χ0v) is 20.3. The molecule has 194 valence electrons. The molecule has 0 amide bonds. The molecule has 0 bridgehead atoms.